The zero-order valence-corrected chi connectivity index (χ0v) is 28.4. The monoisotopic (exact) mass is 637 g/mol. The van der Waals surface area contributed by atoms with Crippen LogP contribution < -0.4 is 0 Å². The first-order chi connectivity index (χ1) is 22.1. The minimum absolute atomic E-state index is 0.0713. The normalized spacial score (nSPS) is 30.2. The topological polar surface area (TPSA) is 63.7 Å². The number of fused-ring (bicyclic) bond motifs is 5. The van der Waals surface area contributed by atoms with Gasteiger partial charge in [0.05, 0.1) is 23.6 Å². The Labute approximate surface area is 275 Å². The molecule has 0 aromatic heterocycles. The molecule has 3 aromatic rings. The van der Waals surface area contributed by atoms with Crippen molar-refractivity contribution in [1.82, 2.24) is 4.31 Å². The van der Waals surface area contributed by atoms with Crippen LogP contribution in [0.15, 0.2) is 89.3 Å². The quantitative estimate of drug-likeness (QED) is 0.263. The molecule has 46 heavy (non-hydrogen) atoms. The molecule has 0 N–H and O–H groups in total. The minimum atomic E-state index is -3.76. The van der Waals surface area contributed by atoms with Crippen LogP contribution >= 0.6 is 0 Å². The summed E-state index contributed by atoms with van der Waals surface area (Å²) in [6, 6.07) is 23.4. The Morgan fingerprint density at radius 2 is 1.72 bits per heavy atom. The summed E-state index contributed by atoms with van der Waals surface area (Å²) >= 11 is 0. The van der Waals surface area contributed by atoms with Gasteiger partial charge in [0, 0.05) is 18.9 Å². The molecule has 7 rings (SSSR count). The van der Waals surface area contributed by atoms with E-state index in [2.05, 4.69) is 52.0 Å². The number of sulfonamides is 1. The third-order valence-corrected chi connectivity index (χ3v) is 13.9. The standard InChI is InChI=1S/C40H47NO4S/c1-26-21-38(45-25-29-11-7-5-8-12-29)39(41(24-26)46(43,44)32-13-9-6-10-14-32)28(3)33-17-18-34-35-16-15-30-22-31(42)19-20-40(30,4)37(35)23-36(34)27(33)2/h5-14,17-18,22,26,28,35,37-39H,15-16,19-21,23-25H2,1-4H3/t26-,28-,35-,37-,38+,39-,40-/m0/s1. The molecule has 6 heteroatoms. The lowest BCUT2D eigenvalue weighted by Crippen LogP contribution is -2.56. The van der Waals surface area contributed by atoms with Crippen molar-refractivity contribution in [2.24, 2.45) is 17.3 Å². The molecule has 3 aliphatic carbocycles. The fraction of sp³-hybridized carbons (Fsp3) is 0.475. The lowest BCUT2D eigenvalue weighted by atomic mass is 9.57. The molecule has 0 radical (unpaired) electrons. The van der Waals surface area contributed by atoms with Gasteiger partial charge in [-0.3, -0.25) is 4.79 Å². The van der Waals surface area contributed by atoms with E-state index in [1.807, 2.05) is 30.3 Å². The molecule has 1 saturated carbocycles. The maximum absolute atomic E-state index is 14.4. The molecule has 0 spiro atoms. The highest BCUT2D eigenvalue weighted by molar-refractivity contribution is 7.89. The number of allylic oxidation sites excluding steroid dienone is 2. The number of hydrogen-bond acceptors (Lipinski definition) is 4. The van der Waals surface area contributed by atoms with Crippen molar-refractivity contribution in [1.29, 1.82) is 0 Å². The Morgan fingerprint density at radius 3 is 2.46 bits per heavy atom. The second-order valence-corrected chi connectivity index (χ2v) is 16.6. The Balaban J connectivity index is 1.26. The highest BCUT2D eigenvalue weighted by Crippen LogP contribution is 2.60. The second kappa shape index (κ2) is 12.2. The molecule has 4 aliphatic rings. The van der Waals surface area contributed by atoms with Gasteiger partial charge in [-0.1, -0.05) is 87.0 Å². The molecule has 5 nitrogen and oxygen atoms in total. The molecular formula is C40H47NO4S. The fourth-order valence-corrected chi connectivity index (χ4v) is 11.4. The molecule has 1 heterocycles. The maximum atomic E-state index is 14.4. The molecule has 7 atom stereocenters. The predicted molar refractivity (Wildman–Crippen MR) is 182 cm³/mol. The molecular weight excluding hydrogens is 591 g/mol. The first kappa shape index (κ1) is 31.5. The number of nitrogens with zero attached hydrogens (tertiary/aromatic N) is 1. The third-order valence-electron chi connectivity index (χ3n) is 12.0. The molecule has 242 valence electrons. The molecule has 0 unspecified atom stereocenters. The Bertz CT molecular complexity index is 1750. The third kappa shape index (κ3) is 5.40. The summed E-state index contributed by atoms with van der Waals surface area (Å²) in [6.45, 7) is 9.92. The van der Waals surface area contributed by atoms with Crippen LogP contribution in [-0.2, 0) is 32.6 Å². The SMILES string of the molecule is Cc1c([C@H](C)[C@H]2[C@H](OCc3ccccc3)C[C@H](C)CN2S(=O)(=O)c2ccccc2)ccc2c1C[C@H]1[C@H]2CCC2=CC(=O)CC[C@@]21C. The van der Waals surface area contributed by atoms with Gasteiger partial charge in [-0.15, -0.1) is 0 Å². The summed E-state index contributed by atoms with van der Waals surface area (Å²) in [5, 5.41) is 0. The molecule has 1 aliphatic heterocycles. The first-order valence-corrected chi connectivity index (χ1v) is 18.6. The molecule has 2 fully saturated rings. The van der Waals surface area contributed by atoms with E-state index in [4.69, 9.17) is 4.74 Å². The average Bonchev–Trinajstić information content (AvgIpc) is 3.46. The van der Waals surface area contributed by atoms with E-state index < -0.39 is 10.0 Å². The van der Waals surface area contributed by atoms with Crippen molar-refractivity contribution in [2.75, 3.05) is 6.54 Å². The van der Waals surface area contributed by atoms with E-state index in [1.54, 1.807) is 28.6 Å². The predicted octanol–water partition coefficient (Wildman–Crippen LogP) is 8.13. The lowest BCUT2D eigenvalue weighted by Gasteiger charge is -2.47. The average molecular weight is 638 g/mol. The van der Waals surface area contributed by atoms with Crippen molar-refractivity contribution in [3.05, 3.63) is 112 Å². The van der Waals surface area contributed by atoms with Crippen LogP contribution in [-0.4, -0.2) is 37.2 Å². The van der Waals surface area contributed by atoms with Crippen LogP contribution in [0.5, 0.6) is 0 Å². The van der Waals surface area contributed by atoms with Gasteiger partial charge >= 0.3 is 0 Å². The van der Waals surface area contributed by atoms with Gasteiger partial charge in [0.25, 0.3) is 0 Å². The van der Waals surface area contributed by atoms with Gasteiger partial charge in [0.2, 0.25) is 10.0 Å². The van der Waals surface area contributed by atoms with E-state index in [0.717, 1.165) is 37.7 Å². The number of ether oxygens (including phenoxy) is 1. The number of carbonyl (C=O) groups excluding carboxylic acids is 1. The highest BCUT2D eigenvalue weighted by atomic mass is 32.2. The van der Waals surface area contributed by atoms with E-state index in [0.29, 0.717) is 36.3 Å². The van der Waals surface area contributed by atoms with E-state index in [9.17, 15) is 13.2 Å². The van der Waals surface area contributed by atoms with Crippen molar-refractivity contribution in [2.45, 2.75) is 102 Å². The van der Waals surface area contributed by atoms with Crippen LogP contribution in [0.4, 0.5) is 0 Å². The maximum Gasteiger partial charge on any atom is 0.243 e. The largest absolute Gasteiger partial charge is 0.372 e. The molecule has 0 amide bonds. The van der Waals surface area contributed by atoms with Crippen LogP contribution in [0.1, 0.15) is 92.5 Å². The van der Waals surface area contributed by atoms with Crippen LogP contribution in [0.3, 0.4) is 0 Å². The van der Waals surface area contributed by atoms with E-state index in [-0.39, 0.29) is 35.2 Å². The number of benzene rings is 3. The van der Waals surface area contributed by atoms with Crippen LogP contribution in [0, 0.1) is 24.2 Å². The van der Waals surface area contributed by atoms with Gasteiger partial charge in [-0.05, 0) is 108 Å². The van der Waals surface area contributed by atoms with Gasteiger partial charge in [0.15, 0.2) is 5.78 Å². The Kier molecular flexibility index (Phi) is 8.36. The van der Waals surface area contributed by atoms with Crippen molar-refractivity contribution < 1.29 is 17.9 Å². The first-order valence-electron chi connectivity index (χ1n) is 17.2. The van der Waals surface area contributed by atoms with Crippen molar-refractivity contribution >= 4 is 15.8 Å². The summed E-state index contributed by atoms with van der Waals surface area (Å²) < 4.78 is 37.2. The summed E-state index contributed by atoms with van der Waals surface area (Å²) in [7, 11) is -3.76. The number of ketones is 1. The smallest absolute Gasteiger partial charge is 0.243 e. The zero-order chi connectivity index (χ0) is 32.2. The summed E-state index contributed by atoms with van der Waals surface area (Å²) in [6.07, 6.45) is 7.24. The number of piperidine rings is 1. The molecule has 1 saturated heterocycles. The summed E-state index contributed by atoms with van der Waals surface area (Å²) in [4.78, 5) is 12.7. The summed E-state index contributed by atoms with van der Waals surface area (Å²) in [5.41, 5.74) is 7.97. The van der Waals surface area contributed by atoms with Crippen LogP contribution in [0.25, 0.3) is 0 Å². The fourth-order valence-electron chi connectivity index (χ4n) is 9.49. The Hall–Kier alpha value is -3.06. The number of carbonyl (C=O) groups is 1. The number of rotatable bonds is 7. The van der Waals surface area contributed by atoms with Gasteiger partial charge < -0.3 is 4.74 Å². The highest BCUT2D eigenvalue weighted by Gasteiger charge is 2.51. The van der Waals surface area contributed by atoms with E-state index >= 15 is 0 Å². The molecule has 3 aromatic carbocycles. The van der Waals surface area contributed by atoms with Gasteiger partial charge in [-0.2, -0.15) is 4.31 Å². The Morgan fingerprint density at radius 1 is 1.00 bits per heavy atom. The van der Waals surface area contributed by atoms with Gasteiger partial charge in [0.1, 0.15) is 0 Å². The summed E-state index contributed by atoms with van der Waals surface area (Å²) in [5.74, 6) is 1.40. The van der Waals surface area contributed by atoms with Crippen molar-refractivity contribution in [3.8, 4) is 0 Å². The zero-order valence-electron chi connectivity index (χ0n) is 27.6. The minimum Gasteiger partial charge on any atom is -0.372 e. The number of hydrogen-bond donors (Lipinski definition) is 0. The van der Waals surface area contributed by atoms with Crippen LogP contribution in [0.2, 0.25) is 0 Å². The van der Waals surface area contributed by atoms with Crippen molar-refractivity contribution in [3.63, 3.8) is 0 Å². The lowest BCUT2D eigenvalue weighted by molar-refractivity contribution is -0.116. The second-order valence-electron chi connectivity index (χ2n) is 14.7. The van der Waals surface area contributed by atoms with Gasteiger partial charge in [-0.25, -0.2) is 8.42 Å². The molecule has 0 bridgehead atoms. The van der Waals surface area contributed by atoms with E-state index in [1.165, 1.54) is 27.8 Å².